The topological polar surface area (TPSA) is 76.2 Å². The predicted molar refractivity (Wildman–Crippen MR) is 114 cm³/mol. The lowest BCUT2D eigenvalue weighted by molar-refractivity contribution is -0.120. The van der Waals surface area contributed by atoms with Crippen molar-refractivity contribution in [1.29, 1.82) is 0 Å². The average molecular weight is 414 g/mol. The number of nitrogens with zero attached hydrogens (tertiary/aromatic N) is 3. The van der Waals surface area contributed by atoms with Gasteiger partial charge in [-0.2, -0.15) is 0 Å². The largest absolute Gasteiger partial charge is 0.493 e. The number of benzene rings is 2. The van der Waals surface area contributed by atoms with Crippen LogP contribution in [-0.2, 0) is 11.3 Å². The van der Waals surface area contributed by atoms with Crippen LogP contribution in [0.25, 0.3) is 10.9 Å². The van der Waals surface area contributed by atoms with Crippen molar-refractivity contribution in [3.8, 4) is 11.6 Å². The number of fused-ring (bicyclic) bond motifs is 1. The summed E-state index contributed by atoms with van der Waals surface area (Å²) in [6.07, 6.45) is 3.11. The SMILES string of the molecule is CCCCCn1c(O)c(N=NC(=O)COc2ccc(Cl)cc2C)c2ccccc21. The molecule has 0 unspecified atom stereocenters. The normalized spacial score (nSPS) is 11.4. The zero-order valence-electron chi connectivity index (χ0n) is 16.6. The van der Waals surface area contributed by atoms with Crippen LogP contribution in [-0.4, -0.2) is 22.2 Å². The monoisotopic (exact) mass is 413 g/mol. The summed E-state index contributed by atoms with van der Waals surface area (Å²) in [6, 6.07) is 12.7. The number of halogens is 1. The molecule has 3 aromatic rings. The van der Waals surface area contributed by atoms with Crippen molar-refractivity contribution < 1.29 is 14.6 Å². The first-order valence-corrected chi connectivity index (χ1v) is 10.0. The van der Waals surface area contributed by atoms with Crippen molar-refractivity contribution in [3.63, 3.8) is 0 Å². The van der Waals surface area contributed by atoms with Crippen LogP contribution in [0.3, 0.4) is 0 Å². The number of unbranched alkanes of at least 4 members (excludes halogenated alkanes) is 2. The predicted octanol–water partition coefficient (Wildman–Crippen LogP) is 6.19. The zero-order valence-corrected chi connectivity index (χ0v) is 17.3. The summed E-state index contributed by atoms with van der Waals surface area (Å²) in [5.74, 6) is 0.0446. The highest BCUT2D eigenvalue weighted by Gasteiger charge is 2.16. The molecule has 0 fully saturated rings. The van der Waals surface area contributed by atoms with E-state index in [1.165, 1.54) is 0 Å². The molecule has 0 radical (unpaired) electrons. The molecular formula is C22H24ClN3O3. The van der Waals surface area contributed by atoms with E-state index in [0.717, 1.165) is 35.7 Å². The van der Waals surface area contributed by atoms with Gasteiger partial charge in [0.2, 0.25) is 5.88 Å². The molecule has 0 saturated heterocycles. The van der Waals surface area contributed by atoms with E-state index in [1.54, 1.807) is 18.2 Å². The molecule has 1 heterocycles. The number of hydrogen-bond acceptors (Lipinski definition) is 4. The third kappa shape index (κ3) is 4.95. The first kappa shape index (κ1) is 20.9. The first-order valence-electron chi connectivity index (χ1n) is 9.65. The Balaban J connectivity index is 1.75. The van der Waals surface area contributed by atoms with Gasteiger partial charge in [0, 0.05) is 17.0 Å². The fourth-order valence-electron chi connectivity index (χ4n) is 3.17. The number of carbonyl (C=O) groups excluding carboxylic acids is 1. The molecule has 1 N–H and O–H groups in total. The smallest absolute Gasteiger partial charge is 0.302 e. The van der Waals surface area contributed by atoms with Gasteiger partial charge >= 0.3 is 5.91 Å². The van der Waals surface area contributed by atoms with Crippen molar-refractivity contribution in [2.75, 3.05) is 6.61 Å². The van der Waals surface area contributed by atoms with Gasteiger partial charge in [0.05, 0.1) is 5.52 Å². The number of azo groups is 1. The number of aromatic hydroxyl groups is 1. The molecule has 0 aliphatic carbocycles. The Morgan fingerprint density at radius 2 is 2.00 bits per heavy atom. The van der Waals surface area contributed by atoms with Crippen molar-refractivity contribution >= 4 is 34.1 Å². The average Bonchev–Trinajstić information content (AvgIpc) is 2.97. The molecule has 29 heavy (non-hydrogen) atoms. The zero-order chi connectivity index (χ0) is 20.8. The van der Waals surface area contributed by atoms with Gasteiger partial charge in [-0.25, -0.2) is 0 Å². The number of carbonyl (C=O) groups is 1. The second-order valence-corrected chi connectivity index (χ2v) is 7.28. The fourth-order valence-corrected chi connectivity index (χ4v) is 3.39. The van der Waals surface area contributed by atoms with Gasteiger partial charge in [0.1, 0.15) is 5.75 Å². The van der Waals surface area contributed by atoms with Crippen molar-refractivity contribution in [3.05, 3.63) is 53.1 Å². The minimum absolute atomic E-state index is 0.0216. The van der Waals surface area contributed by atoms with Gasteiger partial charge in [0.15, 0.2) is 12.3 Å². The van der Waals surface area contributed by atoms with Gasteiger partial charge < -0.3 is 14.4 Å². The number of para-hydroxylation sites is 1. The molecule has 0 spiro atoms. The quantitative estimate of drug-likeness (QED) is 0.353. The molecule has 0 saturated carbocycles. The van der Waals surface area contributed by atoms with Crippen LogP contribution in [0.2, 0.25) is 5.02 Å². The molecule has 152 valence electrons. The number of rotatable bonds is 8. The van der Waals surface area contributed by atoms with E-state index in [4.69, 9.17) is 16.3 Å². The maximum Gasteiger partial charge on any atom is 0.302 e. The third-order valence-corrected chi connectivity index (χ3v) is 4.89. The van der Waals surface area contributed by atoms with E-state index in [-0.39, 0.29) is 12.5 Å². The van der Waals surface area contributed by atoms with E-state index in [9.17, 15) is 9.90 Å². The molecule has 3 rings (SSSR count). The van der Waals surface area contributed by atoms with Gasteiger partial charge in [-0.1, -0.05) is 49.6 Å². The maximum atomic E-state index is 12.1. The first-order chi connectivity index (χ1) is 14.0. The second kappa shape index (κ2) is 9.56. The lowest BCUT2D eigenvalue weighted by atomic mass is 10.2. The van der Waals surface area contributed by atoms with Gasteiger partial charge in [0.25, 0.3) is 0 Å². The molecule has 1 aromatic heterocycles. The summed E-state index contributed by atoms with van der Waals surface area (Å²) >= 11 is 5.92. The Morgan fingerprint density at radius 1 is 1.21 bits per heavy atom. The molecule has 2 aromatic carbocycles. The number of aromatic nitrogens is 1. The molecule has 0 aliphatic rings. The molecule has 0 aliphatic heterocycles. The summed E-state index contributed by atoms with van der Waals surface area (Å²) in [4.78, 5) is 12.1. The molecule has 0 bridgehead atoms. The van der Waals surface area contributed by atoms with Crippen molar-refractivity contribution in [1.82, 2.24) is 4.57 Å². The maximum absolute atomic E-state index is 12.1. The van der Waals surface area contributed by atoms with Gasteiger partial charge in [-0.05, 0) is 43.2 Å². The number of ether oxygens (including phenoxy) is 1. The Bertz CT molecular complexity index is 1040. The van der Waals surface area contributed by atoms with E-state index in [2.05, 4.69) is 17.2 Å². The fraction of sp³-hybridized carbons (Fsp3) is 0.318. The third-order valence-electron chi connectivity index (χ3n) is 4.65. The molecule has 0 atom stereocenters. The van der Waals surface area contributed by atoms with E-state index >= 15 is 0 Å². The highest BCUT2D eigenvalue weighted by atomic mass is 35.5. The van der Waals surface area contributed by atoms with E-state index in [1.807, 2.05) is 35.8 Å². The Kier molecular flexibility index (Phi) is 6.88. The van der Waals surface area contributed by atoms with Crippen LogP contribution in [0.5, 0.6) is 11.6 Å². The Labute approximate surface area is 174 Å². The number of amides is 1. The number of hydrogen-bond donors (Lipinski definition) is 1. The Hall–Kier alpha value is -2.86. The summed E-state index contributed by atoms with van der Waals surface area (Å²) in [7, 11) is 0. The van der Waals surface area contributed by atoms with Crippen LogP contribution in [0.15, 0.2) is 52.7 Å². The minimum Gasteiger partial charge on any atom is -0.493 e. The van der Waals surface area contributed by atoms with Crippen LogP contribution >= 0.6 is 11.6 Å². The molecule has 7 heteroatoms. The van der Waals surface area contributed by atoms with Crippen molar-refractivity contribution in [2.24, 2.45) is 10.2 Å². The van der Waals surface area contributed by atoms with Crippen LogP contribution in [0, 0.1) is 6.92 Å². The van der Waals surface area contributed by atoms with Gasteiger partial charge in [-0.3, -0.25) is 4.79 Å². The molecular weight excluding hydrogens is 390 g/mol. The number of aryl methyl sites for hydroxylation is 2. The standard InChI is InChI=1S/C22H24ClN3O3/c1-3-4-7-12-26-18-9-6-5-8-17(18)21(22(26)28)25-24-20(27)14-29-19-11-10-16(23)13-15(19)2/h5-6,8-11,13,28H,3-4,7,12,14H2,1-2H3. The van der Waals surface area contributed by atoms with Crippen LogP contribution in [0.4, 0.5) is 5.69 Å². The lowest BCUT2D eigenvalue weighted by Crippen LogP contribution is -2.08. The second-order valence-electron chi connectivity index (χ2n) is 6.84. The molecule has 1 amide bonds. The lowest BCUT2D eigenvalue weighted by Gasteiger charge is -2.06. The van der Waals surface area contributed by atoms with E-state index in [0.29, 0.717) is 23.0 Å². The minimum atomic E-state index is -0.540. The van der Waals surface area contributed by atoms with Gasteiger partial charge in [-0.15, -0.1) is 10.2 Å². The van der Waals surface area contributed by atoms with Crippen LogP contribution in [0.1, 0.15) is 31.7 Å². The van der Waals surface area contributed by atoms with Crippen molar-refractivity contribution in [2.45, 2.75) is 39.7 Å². The summed E-state index contributed by atoms with van der Waals surface area (Å²) in [5, 5.41) is 19.8. The molecule has 6 nitrogen and oxygen atoms in total. The Morgan fingerprint density at radius 3 is 2.76 bits per heavy atom. The summed E-state index contributed by atoms with van der Waals surface area (Å²) in [5.41, 5.74) is 2.00. The van der Waals surface area contributed by atoms with E-state index < -0.39 is 5.91 Å². The summed E-state index contributed by atoms with van der Waals surface area (Å²) in [6.45, 7) is 4.41. The highest BCUT2D eigenvalue weighted by molar-refractivity contribution is 6.30. The highest BCUT2D eigenvalue weighted by Crippen LogP contribution is 2.39. The summed E-state index contributed by atoms with van der Waals surface area (Å²) < 4.78 is 7.32. The van der Waals surface area contributed by atoms with Crippen LogP contribution < -0.4 is 4.74 Å².